The number of hydrogen-bond acceptors (Lipinski definition) is 5. The minimum Gasteiger partial charge on any atom is -0.462 e. The smallest absolute Gasteiger partial charge is 0.306 e. The van der Waals surface area contributed by atoms with Crippen molar-refractivity contribution in [2.24, 2.45) is 5.41 Å². The number of cyclic esters (lactones) is 1. The molecular weight excluding hydrogens is 344 g/mol. The van der Waals surface area contributed by atoms with Crippen molar-refractivity contribution in [3.8, 4) is 0 Å². The van der Waals surface area contributed by atoms with E-state index in [2.05, 4.69) is 6.92 Å². The van der Waals surface area contributed by atoms with E-state index in [1.54, 1.807) is 6.08 Å². The van der Waals surface area contributed by atoms with Gasteiger partial charge in [-0.25, -0.2) is 0 Å². The van der Waals surface area contributed by atoms with Gasteiger partial charge in [-0.1, -0.05) is 39.7 Å². The van der Waals surface area contributed by atoms with Crippen molar-refractivity contribution in [1.82, 2.24) is 0 Å². The largest absolute Gasteiger partial charge is 0.462 e. The Balaban J connectivity index is 2.17. The van der Waals surface area contributed by atoms with E-state index in [0.717, 1.165) is 25.7 Å². The summed E-state index contributed by atoms with van der Waals surface area (Å²) in [6.45, 7) is 5.96. The Morgan fingerprint density at radius 1 is 1.11 bits per heavy atom. The van der Waals surface area contributed by atoms with Crippen molar-refractivity contribution < 1.29 is 23.9 Å². The SMILES string of the molecule is CCCCC(C)(C)C(=O)C=CCC(=O)CCC(=O)CCCC1CCC(=O)O1. The highest BCUT2D eigenvalue weighted by Gasteiger charge is 2.24. The summed E-state index contributed by atoms with van der Waals surface area (Å²) in [5, 5.41) is 0. The number of unbranched alkanes of at least 4 members (excludes halogenated alkanes) is 1. The Kier molecular flexibility index (Phi) is 10.2. The van der Waals surface area contributed by atoms with Crippen molar-refractivity contribution in [3.63, 3.8) is 0 Å². The maximum atomic E-state index is 12.2. The molecule has 1 atom stereocenters. The van der Waals surface area contributed by atoms with Gasteiger partial charge in [-0.2, -0.15) is 0 Å². The lowest BCUT2D eigenvalue weighted by molar-refractivity contribution is -0.141. The highest BCUT2D eigenvalue weighted by molar-refractivity contribution is 5.95. The minimum atomic E-state index is -0.390. The molecule has 0 radical (unpaired) electrons. The molecule has 1 aliphatic rings. The van der Waals surface area contributed by atoms with Crippen molar-refractivity contribution in [1.29, 1.82) is 0 Å². The molecule has 1 unspecified atom stereocenters. The summed E-state index contributed by atoms with van der Waals surface area (Å²) >= 11 is 0. The fourth-order valence-corrected chi connectivity index (χ4v) is 3.08. The Bertz CT molecular complexity index is 559. The van der Waals surface area contributed by atoms with Gasteiger partial charge in [0.2, 0.25) is 0 Å². The summed E-state index contributed by atoms with van der Waals surface area (Å²) in [4.78, 5) is 47.0. The molecular formula is C22H34O5. The number of Topliss-reactive ketones (excluding diaryl/α,β-unsaturated/α-hetero) is 2. The fourth-order valence-electron chi connectivity index (χ4n) is 3.08. The normalized spacial score (nSPS) is 17.3. The van der Waals surface area contributed by atoms with Crippen LogP contribution in [0.4, 0.5) is 0 Å². The zero-order valence-corrected chi connectivity index (χ0v) is 17.1. The Morgan fingerprint density at radius 2 is 1.81 bits per heavy atom. The summed E-state index contributed by atoms with van der Waals surface area (Å²) in [7, 11) is 0. The molecule has 1 saturated heterocycles. The van der Waals surface area contributed by atoms with Crippen molar-refractivity contribution in [3.05, 3.63) is 12.2 Å². The van der Waals surface area contributed by atoms with E-state index >= 15 is 0 Å². The number of ether oxygens (including phenoxy) is 1. The van der Waals surface area contributed by atoms with Gasteiger partial charge in [-0.05, 0) is 31.8 Å². The Labute approximate surface area is 162 Å². The molecule has 0 spiro atoms. The third kappa shape index (κ3) is 9.64. The first-order valence-electron chi connectivity index (χ1n) is 10.2. The number of allylic oxidation sites excluding steroid dienone is 2. The van der Waals surface area contributed by atoms with E-state index in [1.165, 1.54) is 6.08 Å². The molecule has 5 heteroatoms. The Morgan fingerprint density at radius 3 is 2.44 bits per heavy atom. The van der Waals surface area contributed by atoms with Gasteiger partial charge < -0.3 is 4.74 Å². The van der Waals surface area contributed by atoms with Gasteiger partial charge in [0.05, 0.1) is 0 Å². The van der Waals surface area contributed by atoms with Crippen LogP contribution in [-0.4, -0.2) is 29.4 Å². The van der Waals surface area contributed by atoms with Crippen LogP contribution in [0, 0.1) is 5.41 Å². The second-order valence-corrected chi connectivity index (χ2v) is 8.08. The minimum absolute atomic E-state index is 0.0245. The van der Waals surface area contributed by atoms with Gasteiger partial charge in [-0.15, -0.1) is 0 Å². The lowest BCUT2D eigenvalue weighted by atomic mass is 9.82. The average Bonchev–Trinajstić information content (AvgIpc) is 3.03. The predicted octanol–water partition coefficient (Wildman–Crippen LogP) is 4.51. The van der Waals surface area contributed by atoms with Crippen LogP contribution in [0.5, 0.6) is 0 Å². The van der Waals surface area contributed by atoms with Crippen LogP contribution in [0.1, 0.15) is 91.4 Å². The molecule has 1 heterocycles. The van der Waals surface area contributed by atoms with Crippen LogP contribution in [0.25, 0.3) is 0 Å². The summed E-state index contributed by atoms with van der Waals surface area (Å²) < 4.78 is 5.11. The Hall–Kier alpha value is -1.78. The van der Waals surface area contributed by atoms with E-state index in [-0.39, 0.29) is 54.1 Å². The highest BCUT2D eigenvalue weighted by atomic mass is 16.5. The number of carbonyl (C=O) groups excluding carboxylic acids is 4. The van der Waals surface area contributed by atoms with Gasteiger partial charge >= 0.3 is 5.97 Å². The lowest BCUT2D eigenvalue weighted by Crippen LogP contribution is -2.22. The number of esters is 1. The molecule has 1 rings (SSSR count). The molecule has 0 saturated carbocycles. The van der Waals surface area contributed by atoms with E-state index in [0.29, 0.717) is 25.7 Å². The molecule has 0 amide bonds. The zero-order chi connectivity index (χ0) is 20.3. The summed E-state index contributed by atoms with van der Waals surface area (Å²) in [6, 6.07) is 0. The van der Waals surface area contributed by atoms with Gasteiger partial charge in [0.25, 0.3) is 0 Å². The molecule has 0 aromatic carbocycles. The summed E-state index contributed by atoms with van der Waals surface area (Å²) in [6.07, 6.45) is 9.68. The van der Waals surface area contributed by atoms with E-state index in [1.807, 2.05) is 13.8 Å². The average molecular weight is 379 g/mol. The third-order valence-corrected chi connectivity index (χ3v) is 5.07. The maximum Gasteiger partial charge on any atom is 0.306 e. The van der Waals surface area contributed by atoms with Crippen LogP contribution in [-0.2, 0) is 23.9 Å². The van der Waals surface area contributed by atoms with E-state index in [4.69, 9.17) is 4.74 Å². The third-order valence-electron chi connectivity index (χ3n) is 5.07. The van der Waals surface area contributed by atoms with Crippen LogP contribution >= 0.6 is 0 Å². The van der Waals surface area contributed by atoms with Crippen LogP contribution < -0.4 is 0 Å². The van der Waals surface area contributed by atoms with Crippen molar-refractivity contribution in [2.45, 2.75) is 97.5 Å². The molecule has 1 aliphatic heterocycles. The second kappa shape index (κ2) is 11.8. The first-order valence-corrected chi connectivity index (χ1v) is 10.2. The van der Waals surface area contributed by atoms with Gasteiger partial charge in [0.1, 0.15) is 17.7 Å². The topological polar surface area (TPSA) is 77.5 Å². The van der Waals surface area contributed by atoms with E-state index in [9.17, 15) is 19.2 Å². The highest BCUT2D eigenvalue weighted by Crippen LogP contribution is 2.25. The summed E-state index contributed by atoms with van der Waals surface area (Å²) in [5.41, 5.74) is -0.390. The maximum absolute atomic E-state index is 12.2. The molecule has 5 nitrogen and oxygen atoms in total. The molecule has 152 valence electrons. The first kappa shape index (κ1) is 23.3. The molecule has 0 N–H and O–H groups in total. The molecule has 27 heavy (non-hydrogen) atoms. The molecule has 1 fully saturated rings. The van der Waals surface area contributed by atoms with Crippen LogP contribution in [0.3, 0.4) is 0 Å². The number of ketones is 3. The zero-order valence-electron chi connectivity index (χ0n) is 17.1. The van der Waals surface area contributed by atoms with E-state index < -0.39 is 0 Å². The fraction of sp³-hybridized carbons (Fsp3) is 0.727. The molecule has 0 aliphatic carbocycles. The number of rotatable bonds is 14. The molecule has 0 aromatic rings. The number of carbonyl (C=O) groups is 4. The van der Waals surface area contributed by atoms with Gasteiger partial charge in [0, 0.05) is 37.5 Å². The number of hydrogen-bond donors (Lipinski definition) is 0. The van der Waals surface area contributed by atoms with Crippen LogP contribution in [0.15, 0.2) is 12.2 Å². The monoisotopic (exact) mass is 378 g/mol. The van der Waals surface area contributed by atoms with Gasteiger partial charge in [0.15, 0.2) is 5.78 Å². The first-order chi connectivity index (χ1) is 12.7. The molecule has 0 aromatic heterocycles. The standard InChI is InChI=1S/C22H34O5/c1-4-5-16-22(2,3)20(25)11-7-9-18(24)13-12-17(23)8-6-10-19-14-15-21(26)27-19/h7,11,19H,4-6,8-10,12-16H2,1-3H3. The second-order valence-electron chi connectivity index (χ2n) is 8.08. The van der Waals surface area contributed by atoms with Crippen LogP contribution in [0.2, 0.25) is 0 Å². The molecule has 0 bridgehead atoms. The van der Waals surface area contributed by atoms with Crippen molar-refractivity contribution in [2.75, 3.05) is 0 Å². The summed E-state index contributed by atoms with van der Waals surface area (Å²) in [5.74, 6) is -0.0680. The quantitative estimate of drug-likeness (QED) is 0.328. The lowest BCUT2D eigenvalue weighted by Gasteiger charge is -2.20. The van der Waals surface area contributed by atoms with Gasteiger partial charge in [-0.3, -0.25) is 19.2 Å². The predicted molar refractivity (Wildman–Crippen MR) is 104 cm³/mol. The van der Waals surface area contributed by atoms with Crippen molar-refractivity contribution >= 4 is 23.3 Å².